The summed E-state index contributed by atoms with van der Waals surface area (Å²) in [5.41, 5.74) is 2.50. The lowest BCUT2D eigenvalue weighted by atomic mass is 10.1. The Morgan fingerprint density at radius 2 is 1.73 bits per heavy atom. The minimum Gasteiger partial charge on any atom is -0.494 e. The summed E-state index contributed by atoms with van der Waals surface area (Å²) in [7, 11) is 0. The fourth-order valence-corrected chi connectivity index (χ4v) is 4.09. The lowest BCUT2D eigenvalue weighted by Gasteiger charge is -2.32. The summed E-state index contributed by atoms with van der Waals surface area (Å²) in [6, 6.07) is 20.7. The average molecular weight is 464 g/mol. The average Bonchev–Trinajstić information content (AvgIpc) is 3.45. The number of rotatable bonds is 6. The molecule has 2 heterocycles. The molecule has 7 nitrogen and oxygen atoms in total. The van der Waals surface area contributed by atoms with Crippen molar-refractivity contribution in [1.82, 2.24) is 0 Å². The third-order valence-corrected chi connectivity index (χ3v) is 5.69. The Kier molecular flexibility index (Phi) is 5.56. The summed E-state index contributed by atoms with van der Waals surface area (Å²) in [6.45, 7) is 4.21. The van der Waals surface area contributed by atoms with Gasteiger partial charge in [0.05, 0.1) is 12.3 Å². The van der Waals surface area contributed by atoms with Crippen molar-refractivity contribution in [1.29, 1.82) is 0 Å². The Labute approximate surface area is 196 Å². The number of anilines is 2. The highest BCUT2D eigenvalue weighted by molar-refractivity contribution is 6.44. The molecular weight excluding hydrogens is 442 g/mol. The SMILES string of the molecule is CCOc1ccc(N2C(C(C)=O)=NN(c3ccc(Cl)cc3)C2c2ccc3c(c2)OCO3)cc1. The van der Waals surface area contributed by atoms with E-state index in [0.29, 0.717) is 29.0 Å². The van der Waals surface area contributed by atoms with Crippen molar-refractivity contribution < 1.29 is 19.0 Å². The van der Waals surface area contributed by atoms with Crippen LogP contribution >= 0.6 is 11.6 Å². The van der Waals surface area contributed by atoms with E-state index >= 15 is 0 Å². The van der Waals surface area contributed by atoms with Crippen LogP contribution in [0.3, 0.4) is 0 Å². The number of ether oxygens (including phenoxy) is 3. The van der Waals surface area contributed by atoms with Gasteiger partial charge in [-0.2, -0.15) is 0 Å². The molecule has 0 saturated heterocycles. The maximum absolute atomic E-state index is 12.7. The van der Waals surface area contributed by atoms with Gasteiger partial charge in [-0.05, 0) is 67.6 Å². The Bertz CT molecular complexity index is 1210. The summed E-state index contributed by atoms with van der Waals surface area (Å²) in [5.74, 6) is 2.29. The van der Waals surface area contributed by atoms with E-state index in [-0.39, 0.29) is 12.6 Å². The maximum atomic E-state index is 12.7. The molecule has 8 heteroatoms. The van der Waals surface area contributed by atoms with Crippen LogP contribution < -0.4 is 24.1 Å². The minimum absolute atomic E-state index is 0.147. The molecule has 0 spiro atoms. The lowest BCUT2D eigenvalue weighted by Crippen LogP contribution is -2.37. The van der Waals surface area contributed by atoms with E-state index in [4.69, 9.17) is 30.9 Å². The Hall–Kier alpha value is -3.71. The molecule has 0 radical (unpaired) electrons. The Balaban J connectivity index is 1.64. The van der Waals surface area contributed by atoms with Gasteiger partial charge in [0.25, 0.3) is 0 Å². The number of hydrogen-bond donors (Lipinski definition) is 0. The number of carbonyl (C=O) groups is 1. The molecule has 1 unspecified atom stereocenters. The van der Waals surface area contributed by atoms with Crippen molar-refractivity contribution in [3.8, 4) is 17.2 Å². The van der Waals surface area contributed by atoms with Gasteiger partial charge >= 0.3 is 0 Å². The molecule has 5 rings (SSSR count). The highest BCUT2D eigenvalue weighted by Crippen LogP contribution is 2.42. The molecule has 3 aromatic rings. The van der Waals surface area contributed by atoms with E-state index in [2.05, 4.69) is 0 Å². The monoisotopic (exact) mass is 463 g/mol. The van der Waals surface area contributed by atoms with Gasteiger partial charge < -0.3 is 14.2 Å². The largest absolute Gasteiger partial charge is 0.494 e. The van der Waals surface area contributed by atoms with E-state index < -0.39 is 6.17 Å². The Morgan fingerprint density at radius 3 is 2.42 bits per heavy atom. The fourth-order valence-electron chi connectivity index (χ4n) is 3.96. The van der Waals surface area contributed by atoms with E-state index in [1.165, 1.54) is 6.92 Å². The summed E-state index contributed by atoms with van der Waals surface area (Å²) in [6.07, 6.45) is -0.433. The molecule has 3 aromatic carbocycles. The van der Waals surface area contributed by atoms with Crippen LogP contribution in [-0.4, -0.2) is 25.0 Å². The molecular formula is C25H22ClN3O4. The topological polar surface area (TPSA) is 63.6 Å². The quantitative estimate of drug-likeness (QED) is 0.488. The second kappa shape index (κ2) is 8.67. The summed E-state index contributed by atoms with van der Waals surface area (Å²) in [4.78, 5) is 14.6. The van der Waals surface area contributed by atoms with Crippen LogP contribution in [0.4, 0.5) is 11.4 Å². The minimum atomic E-state index is -0.433. The highest BCUT2D eigenvalue weighted by atomic mass is 35.5. The number of Topliss-reactive ketones (excluding diaryl/α,β-unsaturated/α-hetero) is 1. The number of ketones is 1. The predicted molar refractivity (Wildman–Crippen MR) is 127 cm³/mol. The molecule has 1 atom stereocenters. The molecule has 0 saturated carbocycles. The van der Waals surface area contributed by atoms with Gasteiger partial charge in [-0.1, -0.05) is 17.7 Å². The third kappa shape index (κ3) is 3.96. The van der Waals surface area contributed by atoms with Gasteiger partial charge in [0.1, 0.15) is 5.75 Å². The number of hydrazone groups is 1. The van der Waals surface area contributed by atoms with Crippen LogP contribution in [0.2, 0.25) is 5.02 Å². The van der Waals surface area contributed by atoms with E-state index in [1.807, 2.05) is 71.4 Å². The van der Waals surface area contributed by atoms with Gasteiger partial charge in [0.2, 0.25) is 6.79 Å². The van der Waals surface area contributed by atoms with Crippen molar-refractivity contribution in [3.05, 3.63) is 77.3 Å². The van der Waals surface area contributed by atoms with E-state index in [1.54, 1.807) is 12.1 Å². The summed E-state index contributed by atoms with van der Waals surface area (Å²) < 4.78 is 16.7. The second-order valence-corrected chi connectivity index (χ2v) is 8.02. The van der Waals surface area contributed by atoms with Gasteiger partial charge in [-0.15, -0.1) is 5.10 Å². The zero-order valence-corrected chi connectivity index (χ0v) is 19.0. The summed E-state index contributed by atoms with van der Waals surface area (Å²) in [5, 5.41) is 7.18. The molecule has 2 aliphatic rings. The first-order valence-electron chi connectivity index (χ1n) is 10.6. The molecule has 33 heavy (non-hydrogen) atoms. The van der Waals surface area contributed by atoms with Gasteiger partial charge in [0.15, 0.2) is 29.3 Å². The van der Waals surface area contributed by atoms with Crippen LogP contribution in [0.25, 0.3) is 0 Å². The number of amidine groups is 1. The zero-order chi connectivity index (χ0) is 22.9. The smallest absolute Gasteiger partial charge is 0.231 e. The summed E-state index contributed by atoms with van der Waals surface area (Å²) >= 11 is 6.12. The standard InChI is InChI=1S/C25H22ClN3O4/c1-3-31-21-11-9-19(10-12-21)28-24(16(2)30)27-29(20-7-5-18(26)6-8-20)25(28)17-4-13-22-23(14-17)33-15-32-22/h4-14,25H,3,15H2,1-2H3. The lowest BCUT2D eigenvalue weighted by molar-refractivity contribution is -0.111. The van der Waals surface area contributed by atoms with Crippen molar-refractivity contribution in [2.75, 3.05) is 23.3 Å². The molecule has 0 amide bonds. The fraction of sp³-hybridized carbons (Fsp3) is 0.200. The van der Waals surface area contributed by atoms with Crippen LogP contribution in [0.5, 0.6) is 17.2 Å². The van der Waals surface area contributed by atoms with E-state index in [9.17, 15) is 4.79 Å². The van der Waals surface area contributed by atoms with Crippen LogP contribution in [0, 0.1) is 0 Å². The first-order chi connectivity index (χ1) is 16.0. The van der Waals surface area contributed by atoms with Gasteiger partial charge in [-0.25, -0.2) is 5.01 Å². The highest BCUT2D eigenvalue weighted by Gasteiger charge is 2.39. The maximum Gasteiger partial charge on any atom is 0.231 e. The number of fused-ring (bicyclic) bond motifs is 1. The van der Waals surface area contributed by atoms with E-state index in [0.717, 1.165) is 22.7 Å². The molecule has 2 aliphatic heterocycles. The molecule has 0 N–H and O–H groups in total. The molecule has 0 aliphatic carbocycles. The molecule has 168 valence electrons. The number of hydrogen-bond acceptors (Lipinski definition) is 7. The molecule has 0 aromatic heterocycles. The number of carbonyl (C=O) groups excluding carboxylic acids is 1. The normalized spacial score (nSPS) is 16.7. The number of benzene rings is 3. The Morgan fingerprint density at radius 1 is 1.03 bits per heavy atom. The van der Waals surface area contributed by atoms with Crippen molar-refractivity contribution >= 4 is 34.6 Å². The van der Waals surface area contributed by atoms with Crippen LogP contribution in [0.15, 0.2) is 71.8 Å². The zero-order valence-electron chi connectivity index (χ0n) is 18.2. The number of halogens is 1. The van der Waals surface area contributed by atoms with Crippen LogP contribution in [0.1, 0.15) is 25.6 Å². The second-order valence-electron chi connectivity index (χ2n) is 7.58. The molecule has 0 fully saturated rings. The molecule has 0 bridgehead atoms. The van der Waals surface area contributed by atoms with Gasteiger partial charge in [0, 0.05) is 23.2 Å². The van der Waals surface area contributed by atoms with Crippen molar-refractivity contribution in [2.24, 2.45) is 5.10 Å². The third-order valence-electron chi connectivity index (χ3n) is 5.43. The first-order valence-corrected chi connectivity index (χ1v) is 11.0. The van der Waals surface area contributed by atoms with Crippen molar-refractivity contribution in [2.45, 2.75) is 20.0 Å². The van der Waals surface area contributed by atoms with Crippen LogP contribution in [-0.2, 0) is 4.79 Å². The number of nitrogens with zero attached hydrogens (tertiary/aromatic N) is 3. The predicted octanol–water partition coefficient (Wildman–Crippen LogP) is 5.40. The van der Waals surface area contributed by atoms with Gasteiger partial charge in [-0.3, -0.25) is 9.69 Å². The first kappa shape index (κ1) is 21.2. The van der Waals surface area contributed by atoms with Crippen molar-refractivity contribution in [3.63, 3.8) is 0 Å².